The molecule has 0 unspecified atom stereocenters. The summed E-state index contributed by atoms with van der Waals surface area (Å²) in [5.41, 5.74) is 12.0. The van der Waals surface area contributed by atoms with Crippen LogP contribution in [-0.4, -0.2) is 14.6 Å². The minimum atomic E-state index is -0.230. The largest absolute Gasteiger partial charge is 0.237 e. The standard InChI is InChI=1S/C10H12N6/c1-6-4-10-12-5-9(7(2)13-15-11)8(3)16(10)14-6/h4-5,7H,1-3H3/t7-/m0/s1. The maximum Gasteiger partial charge on any atom is 0.155 e. The second-order valence-corrected chi connectivity index (χ2v) is 3.74. The first-order valence-corrected chi connectivity index (χ1v) is 4.99. The summed E-state index contributed by atoms with van der Waals surface area (Å²) in [6.45, 7) is 5.70. The van der Waals surface area contributed by atoms with E-state index in [1.807, 2.05) is 26.8 Å². The predicted octanol–water partition coefficient (Wildman–Crippen LogP) is 2.72. The van der Waals surface area contributed by atoms with Gasteiger partial charge in [-0.25, -0.2) is 9.50 Å². The van der Waals surface area contributed by atoms with Gasteiger partial charge < -0.3 is 0 Å². The fourth-order valence-electron chi connectivity index (χ4n) is 1.73. The van der Waals surface area contributed by atoms with E-state index in [0.717, 1.165) is 22.6 Å². The van der Waals surface area contributed by atoms with Crippen molar-refractivity contribution in [3.63, 3.8) is 0 Å². The first kappa shape index (κ1) is 10.4. The number of azide groups is 1. The molecule has 2 rings (SSSR count). The summed E-state index contributed by atoms with van der Waals surface area (Å²) in [6, 6.07) is 1.68. The molecule has 0 radical (unpaired) electrons. The van der Waals surface area contributed by atoms with Gasteiger partial charge in [0.1, 0.15) is 0 Å². The van der Waals surface area contributed by atoms with E-state index in [4.69, 9.17) is 5.53 Å². The van der Waals surface area contributed by atoms with Gasteiger partial charge in [0.15, 0.2) is 5.65 Å². The van der Waals surface area contributed by atoms with Crippen LogP contribution in [0.1, 0.15) is 29.9 Å². The van der Waals surface area contributed by atoms with Crippen molar-refractivity contribution in [3.05, 3.63) is 39.7 Å². The summed E-state index contributed by atoms with van der Waals surface area (Å²) in [7, 11) is 0. The second kappa shape index (κ2) is 3.83. The second-order valence-electron chi connectivity index (χ2n) is 3.74. The van der Waals surface area contributed by atoms with E-state index >= 15 is 0 Å². The number of aromatic nitrogens is 3. The quantitative estimate of drug-likeness (QED) is 0.439. The van der Waals surface area contributed by atoms with Gasteiger partial charge in [-0.3, -0.25) is 0 Å². The van der Waals surface area contributed by atoms with Crippen molar-refractivity contribution >= 4 is 5.65 Å². The molecule has 2 heterocycles. The zero-order valence-corrected chi connectivity index (χ0v) is 9.42. The molecule has 1 atom stereocenters. The van der Waals surface area contributed by atoms with Crippen LogP contribution in [0.2, 0.25) is 0 Å². The van der Waals surface area contributed by atoms with Crippen LogP contribution in [0.25, 0.3) is 16.1 Å². The Bertz CT molecular complexity index is 578. The van der Waals surface area contributed by atoms with Gasteiger partial charge in [-0.1, -0.05) is 12.0 Å². The van der Waals surface area contributed by atoms with Crippen molar-refractivity contribution in [3.8, 4) is 0 Å². The Labute approximate surface area is 92.6 Å². The van der Waals surface area contributed by atoms with Crippen LogP contribution in [0.4, 0.5) is 0 Å². The minimum Gasteiger partial charge on any atom is -0.237 e. The van der Waals surface area contributed by atoms with Gasteiger partial charge in [-0.05, 0) is 19.4 Å². The fourth-order valence-corrected chi connectivity index (χ4v) is 1.73. The van der Waals surface area contributed by atoms with Gasteiger partial charge in [0.25, 0.3) is 0 Å². The molecule has 0 aromatic carbocycles. The van der Waals surface area contributed by atoms with Crippen molar-refractivity contribution in [1.29, 1.82) is 0 Å². The summed E-state index contributed by atoms with van der Waals surface area (Å²) in [5.74, 6) is 0. The molecule has 0 bridgehead atoms. The molecule has 2 aromatic rings. The number of hydrogen-bond acceptors (Lipinski definition) is 3. The number of rotatable bonds is 2. The average molecular weight is 216 g/mol. The van der Waals surface area contributed by atoms with Gasteiger partial charge in [-0.2, -0.15) is 5.10 Å². The summed E-state index contributed by atoms with van der Waals surface area (Å²) in [5, 5.41) is 8.00. The molecule has 2 aromatic heterocycles. The molecule has 0 N–H and O–H groups in total. The molecule has 0 aliphatic heterocycles. The van der Waals surface area contributed by atoms with Crippen LogP contribution in [-0.2, 0) is 0 Å². The van der Waals surface area contributed by atoms with Gasteiger partial charge >= 0.3 is 0 Å². The number of aryl methyl sites for hydroxylation is 2. The molecule has 0 spiro atoms. The molecule has 16 heavy (non-hydrogen) atoms. The van der Waals surface area contributed by atoms with Gasteiger partial charge in [0, 0.05) is 28.4 Å². The average Bonchev–Trinajstić information content (AvgIpc) is 2.60. The van der Waals surface area contributed by atoms with Gasteiger partial charge in [0.05, 0.1) is 11.7 Å². The maximum absolute atomic E-state index is 8.42. The molecule has 0 saturated heterocycles. The highest BCUT2D eigenvalue weighted by Gasteiger charge is 2.11. The topological polar surface area (TPSA) is 79.0 Å². The van der Waals surface area contributed by atoms with E-state index in [1.54, 1.807) is 10.7 Å². The molecular formula is C10H12N6. The van der Waals surface area contributed by atoms with Gasteiger partial charge in [-0.15, -0.1) is 0 Å². The van der Waals surface area contributed by atoms with Crippen LogP contribution in [0, 0.1) is 13.8 Å². The predicted molar refractivity (Wildman–Crippen MR) is 60.0 cm³/mol. The lowest BCUT2D eigenvalue weighted by molar-refractivity contribution is 0.756. The maximum atomic E-state index is 8.42. The van der Waals surface area contributed by atoms with Crippen LogP contribution in [0.5, 0.6) is 0 Å². The molecule has 0 aliphatic carbocycles. The van der Waals surface area contributed by atoms with E-state index in [-0.39, 0.29) is 6.04 Å². The third kappa shape index (κ3) is 1.59. The smallest absolute Gasteiger partial charge is 0.155 e. The van der Waals surface area contributed by atoms with Gasteiger partial charge in [0.2, 0.25) is 0 Å². The lowest BCUT2D eigenvalue weighted by atomic mass is 10.1. The summed E-state index contributed by atoms with van der Waals surface area (Å²) < 4.78 is 1.77. The zero-order chi connectivity index (χ0) is 11.7. The monoisotopic (exact) mass is 216 g/mol. The Morgan fingerprint density at radius 2 is 2.25 bits per heavy atom. The Kier molecular flexibility index (Phi) is 2.50. The minimum absolute atomic E-state index is 0.230. The van der Waals surface area contributed by atoms with E-state index in [2.05, 4.69) is 20.1 Å². The molecular weight excluding hydrogens is 204 g/mol. The summed E-state index contributed by atoms with van der Waals surface area (Å²) in [4.78, 5) is 7.09. The molecule has 6 nitrogen and oxygen atoms in total. The molecule has 0 amide bonds. The van der Waals surface area contributed by atoms with Crippen molar-refractivity contribution in [2.24, 2.45) is 5.11 Å². The molecule has 82 valence electrons. The molecule has 0 aliphatic rings. The van der Waals surface area contributed by atoms with Crippen molar-refractivity contribution < 1.29 is 0 Å². The van der Waals surface area contributed by atoms with Crippen LogP contribution >= 0.6 is 0 Å². The van der Waals surface area contributed by atoms with Crippen molar-refractivity contribution in [1.82, 2.24) is 14.6 Å². The fraction of sp³-hybridized carbons (Fsp3) is 0.400. The Morgan fingerprint density at radius 3 is 2.94 bits per heavy atom. The summed E-state index contributed by atoms with van der Waals surface area (Å²) in [6.07, 6.45) is 1.74. The Hall–Kier alpha value is -2.07. The Morgan fingerprint density at radius 1 is 1.50 bits per heavy atom. The van der Waals surface area contributed by atoms with Crippen molar-refractivity contribution in [2.75, 3.05) is 0 Å². The normalized spacial score (nSPS) is 12.4. The summed E-state index contributed by atoms with van der Waals surface area (Å²) >= 11 is 0. The molecule has 0 fully saturated rings. The third-order valence-corrected chi connectivity index (χ3v) is 2.56. The highest BCUT2D eigenvalue weighted by Crippen LogP contribution is 2.20. The first-order valence-electron chi connectivity index (χ1n) is 4.99. The van der Waals surface area contributed by atoms with E-state index in [0.29, 0.717) is 0 Å². The van der Waals surface area contributed by atoms with E-state index in [9.17, 15) is 0 Å². The third-order valence-electron chi connectivity index (χ3n) is 2.56. The van der Waals surface area contributed by atoms with Crippen molar-refractivity contribution in [2.45, 2.75) is 26.8 Å². The SMILES string of the molecule is Cc1cc2ncc([C@H](C)N=[N+]=[N-])c(C)n2n1. The first-order chi connectivity index (χ1) is 7.63. The lowest BCUT2D eigenvalue weighted by Gasteiger charge is -2.09. The highest BCUT2D eigenvalue weighted by atomic mass is 15.3. The van der Waals surface area contributed by atoms with E-state index in [1.165, 1.54) is 0 Å². The number of hydrogen-bond donors (Lipinski definition) is 0. The van der Waals surface area contributed by atoms with Crippen LogP contribution in [0.3, 0.4) is 0 Å². The zero-order valence-electron chi connectivity index (χ0n) is 9.42. The highest BCUT2D eigenvalue weighted by molar-refractivity contribution is 5.42. The lowest BCUT2D eigenvalue weighted by Crippen LogP contribution is -2.03. The molecule has 6 heteroatoms. The Balaban J connectivity index is 2.64. The number of fused-ring (bicyclic) bond motifs is 1. The molecule has 0 saturated carbocycles. The number of nitrogens with zero attached hydrogens (tertiary/aromatic N) is 6. The van der Waals surface area contributed by atoms with Crippen LogP contribution in [0.15, 0.2) is 17.4 Å². The van der Waals surface area contributed by atoms with Crippen LogP contribution < -0.4 is 0 Å². The van der Waals surface area contributed by atoms with E-state index < -0.39 is 0 Å².